The van der Waals surface area contributed by atoms with Gasteiger partial charge in [0.25, 0.3) is 0 Å². The van der Waals surface area contributed by atoms with Gasteiger partial charge in [0.15, 0.2) is 0 Å². The third-order valence-corrected chi connectivity index (χ3v) is 6.39. The molecule has 0 aliphatic carbocycles. The highest BCUT2D eigenvalue weighted by Gasteiger charge is 2.26. The van der Waals surface area contributed by atoms with E-state index in [1.54, 1.807) is 0 Å². The van der Waals surface area contributed by atoms with Crippen LogP contribution < -0.4 is 0 Å². The molecule has 1 aromatic carbocycles. The molecule has 0 saturated carbocycles. The molecule has 1 aromatic heterocycles. The summed E-state index contributed by atoms with van der Waals surface area (Å²) in [6.07, 6.45) is 0. The lowest BCUT2D eigenvalue weighted by atomic mass is 10.1. The fourth-order valence-electron chi connectivity index (χ4n) is 1.68. The van der Waals surface area contributed by atoms with E-state index < -0.39 is 11.2 Å². The summed E-state index contributed by atoms with van der Waals surface area (Å²) in [5.74, 6) is 0.473. The summed E-state index contributed by atoms with van der Waals surface area (Å²) in [6.45, 7) is 1.82. The summed E-state index contributed by atoms with van der Waals surface area (Å²) < 4.78 is 13.9. The Morgan fingerprint density at radius 2 is 2.16 bits per heavy atom. The maximum atomic E-state index is 12.0. The number of nitriles is 1. The number of thiophene rings is 1. The first-order valence-corrected chi connectivity index (χ1v) is 8.76. The Morgan fingerprint density at radius 3 is 2.74 bits per heavy atom. The normalized spacial score (nSPS) is 12.2. The van der Waals surface area contributed by atoms with Crippen molar-refractivity contribution in [2.75, 3.05) is 5.75 Å². The number of nitrogens with zero attached hydrogens (tertiary/aromatic N) is 1. The molecule has 2 aromatic rings. The third-order valence-electron chi connectivity index (χ3n) is 2.56. The van der Waals surface area contributed by atoms with E-state index in [1.165, 1.54) is 11.3 Å². The molecule has 6 heteroatoms. The first kappa shape index (κ1) is 14.9. The van der Waals surface area contributed by atoms with E-state index in [2.05, 4.69) is 22.0 Å². The van der Waals surface area contributed by atoms with Crippen molar-refractivity contribution in [2.24, 2.45) is 0 Å². The van der Waals surface area contributed by atoms with Gasteiger partial charge in [0, 0.05) is 10.0 Å². The van der Waals surface area contributed by atoms with E-state index in [0.717, 1.165) is 10.0 Å². The highest BCUT2D eigenvalue weighted by atomic mass is 79.9. The maximum absolute atomic E-state index is 12.0. The number of hydrogen-bond donors (Lipinski definition) is 0. The van der Waals surface area contributed by atoms with Crippen LogP contribution in [0.3, 0.4) is 0 Å². The Kier molecular flexibility index (Phi) is 4.93. The van der Waals surface area contributed by atoms with Gasteiger partial charge >= 0.3 is 0 Å². The van der Waals surface area contributed by atoms with Crippen molar-refractivity contribution in [3.8, 4) is 17.2 Å². The molecule has 0 fully saturated rings. The van der Waals surface area contributed by atoms with Crippen LogP contribution in [0.15, 0.2) is 32.9 Å². The maximum Gasteiger partial charge on any atom is 0.226 e. The van der Waals surface area contributed by atoms with Gasteiger partial charge in [0.05, 0.1) is 0 Å². The van der Waals surface area contributed by atoms with E-state index >= 15 is 0 Å². The Bertz CT molecular complexity index is 651. The molecule has 2 nitrogen and oxygen atoms in total. The van der Waals surface area contributed by atoms with Gasteiger partial charge in [0.2, 0.25) is 4.21 Å². The standard InChI is InChI=1S/C13H9BrClNOS2/c1-2-19(17)13-9(7-16)11(12(15)18-13)8-5-3-4-6-10(8)14/h3-6H,2H2,1H3. The van der Waals surface area contributed by atoms with Crippen molar-refractivity contribution in [2.45, 2.75) is 11.1 Å². The first-order chi connectivity index (χ1) is 9.10. The van der Waals surface area contributed by atoms with E-state index in [1.807, 2.05) is 31.2 Å². The van der Waals surface area contributed by atoms with Crippen LogP contribution >= 0.6 is 38.9 Å². The molecule has 1 atom stereocenters. The predicted molar refractivity (Wildman–Crippen MR) is 84.1 cm³/mol. The topological polar surface area (TPSA) is 46.8 Å². The molecule has 0 bridgehead atoms. The van der Waals surface area contributed by atoms with Crippen LogP contribution in [0.1, 0.15) is 12.5 Å². The second-order valence-corrected chi connectivity index (χ2v) is 8.05. The van der Waals surface area contributed by atoms with E-state index in [4.69, 9.17) is 11.6 Å². The fourth-order valence-corrected chi connectivity index (χ4v) is 5.07. The van der Waals surface area contributed by atoms with Gasteiger partial charge in [-0.2, -0.15) is 5.26 Å². The summed E-state index contributed by atoms with van der Waals surface area (Å²) in [4.78, 5) is 0. The highest BCUT2D eigenvalue weighted by molar-refractivity contribution is 9.10. The van der Waals surface area contributed by atoms with Gasteiger partial charge in [-0.1, -0.05) is 57.1 Å². The average molecular weight is 375 g/mol. The van der Waals surface area contributed by atoms with Crippen LogP contribution in [-0.4, -0.2) is 10.3 Å². The van der Waals surface area contributed by atoms with Crippen molar-refractivity contribution in [3.05, 3.63) is 38.6 Å². The number of benzene rings is 1. The molecule has 0 spiro atoms. The van der Waals surface area contributed by atoms with Crippen molar-refractivity contribution >= 4 is 50.0 Å². The van der Waals surface area contributed by atoms with Crippen LogP contribution in [0.2, 0.25) is 4.34 Å². The predicted octanol–water partition coefficient (Wildman–Crippen LogP) is 4.83. The largest absolute Gasteiger partial charge is 0.611 e. The molecular formula is C13H9BrClNOS2. The van der Waals surface area contributed by atoms with E-state index in [0.29, 0.717) is 25.4 Å². The first-order valence-electron chi connectivity index (χ1n) is 5.45. The van der Waals surface area contributed by atoms with E-state index in [-0.39, 0.29) is 0 Å². The Hall–Kier alpha value is -0.510. The van der Waals surface area contributed by atoms with Crippen LogP contribution in [0.25, 0.3) is 11.1 Å². The molecule has 0 aliphatic rings. The van der Waals surface area contributed by atoms with Gasteiger partial charge in [-0.25, -0.2) is 0 Å². The zero-order chi connectivity index (χ0) is 14.0. The van der Waals surface area contributed by atoms with Crippen molar-refractivity contribution in [3.63, 3.8) is 0 Å². The number of hydrogen-bond acceptors (Lipinski definition) is 3. The minimum Gasteiger partial charge on any atom is -0.611 e. The number of halogens is 2. The Labute approximate surface area is 132 Å². The average Bonchev–Trinajstić information content (AvgIpc) is 2.75. The van der Waals surface area contributed by atoms with Crippen molar-refractivity contribution in [1.29, 1.82) is 5.26 Å². The fraction of sp³-hybridized carbons (Fsp3) is 0.154. The summed E-state index contributed by atoms with van der Waals surface area (Å²) in [7, 11) is 0. The monoisotopic (exact) mass is 373 g/mol. The molecular weight excluding hydrogens is 366 g/mol. The van der Waals surface area contributed by atoms with E-state index in [9.17, 15) is 9.81 Å². The third kappa shape index (κ3) is 2.83. The van der Waals surface area contributed by atoms with Gasteiger partial charge < -0.3 is 4.55 Å². The van der Waals surface area contributed by atoms with Crippen LogP contribution in [0, 0.1) is 11.3 Å². The summed E-state index contributed by atoms with van der Waals surface area (Å²) >= 11 is 9.75. The molecule has 0 N–H and O–H groups in total. The summed E-state index contributed by atoms with van der Waals surface area (Å²) in [5.41, 5.74) is 1.93. The lowest BCUT2D eigenvalue weighted by Crippen LogP contribution is -2.03. The van der Waals surface area contributed by atoms with Crippen LogP contribution in [0.4, 0.5) is 0 Å². The SMILES string of the molecule is CC[S+]([O-])c1sc(Cl)c(-c2ccccc2Br)c1C#N. The zero-order valence-electron chi connectivity index (χ0n) is 9.94. The highest BCUT2D eigenvalue weighted by Crippen LogP contribution is 2.44. The van der Waals surface area contributed by atoms with Gasteiger partial charge in [0.1, 0.15) is 21.7 Å². The molecule has 98 valence electrons. The second kappa shape index (κ2) is 6.29. The molecule has 0 radical (unpaired) electrons. The number of rotatable bonds is 3. The second-order valence-electron chi connectivity index (χ2n) is 3.64. The molecule has 1 unspecified atom stereocenters. The van der Waals surface area contributed by atoms with Gasteiger partial charge in [-0.05, 0) is 29.7 Å². The van der Waals surface area contributed by atoms with Crippen molar-refractivity contribution < 1.29 is 4.55 Å². The Morgan fingerprint density at radius 1 is 1.47 bits per heavy atom. The zero-order valence-corrected chi connectivity index (χ0v) is 13.9. The quantitative estimate of drug-likeness (QED) is 0.722. The summed E-state index contributed by atoms with van der Waals surface area (Å²) in [5, 5.41) is 9.36. The van der Waals surface area contributed by atoms with Gasteiger partial charge in [-0.15, -0.1) is 0 Å². The lowest BCUT2D eigenvalue weighted by Gasteiger charge is -2.06. The molecule has 0 aliphatic heterocycles. The lowest BCUT2D eigenvalue weighted by molar-refractivity contribution is 0.598. The van der Waals surface area contributed by atoms with Crippen LogP contribution in [-0.2, 0) is 11.2 Å². The molecule has 2 rings (SSSR count). The molecule has 1 heterocycles. The molecule has 19 heavy (non-hydrogen) atoms. The Balaban J connectivity index is 2.69. The smallest absolute Gasteiger partial charge is 0.226 e. The van der Waals surface area contributed by atoms with Gasteiger partial charge in [-0.3, -0.25) is 0 Å². The van der Waals surface area contributed by atoms with Crippen molar-refractivity contribution in [1.82, 2.24) is 0 Å². The summed E-state index contributed by atoms with van der Waals surface area (Å²) in [6, 6.07) is 9.69. The van der Waals surface area contributed by atoms with Crippen LogP contribution in [0.5, 0.6) is 0 Å². The minimum absolute atomic E-state index is 0.419. The minimum atomic E-state index is -1.18. The molecule has 0 saturated heterocycles. The molecule has 0 amide bonds.